The van der Waals surface area contributed by atoms with E-state index >= 15 is 0 Å². The van der Waals surface area contributed by atoms with Gasteiger partial charge in [0.05, 0.1) is 6.04 Å². The highest BCUT2D eigenvalue weighted by atomic mass is 16.6. The number of carbonyl (C=O) groups excluding carboxylic acids is 2. The summed E-state index contributed by atoms with van der Waals surface area (Å²) in [7, 11) is 1.00. The summed E-state index contributed by atoms with van der Waals surface area (Å²) in [6.45, 7) is 9.04. The van der Waals surface area contributed by atoms with Crippen LogP contribution in [0.25, 0.3) is 0 Å². The average molecular weight is 233 g/mol. The lowest BCUT2D eigenvalue weighted by molar-refractivity contribution is -0.110. The highest BCUT2D eigenvalue weighted by Gasteiger charge is 2.20. The van der Waals surface area contributed by atoms with Crippen LogP contribution in [0.4, 0.5) is 4.79 Å². The molecule has 5 heteroatoms. The van der Waals surface area contributed by atoms with Crippen molar-refractivity contribution in [2.45, 2.75) is 46.3 Å². The molecule has 0 aromatic carbocycles. The number of rotatable bonds is 3. The summed E-state index contributed by atoms with van der Waals surface area (Å²) in [6, 6.07) is -0.482. The van der Waals surface area contributed by atoms with E-state index in [1.807, 2.05) is 13.8 Å². The lowest BCUT2D eigenvalue weighted by atomic mass is 10.1. The van der Waals surface area contributed by atoms with Crippen LogP contribution in [-0.2, 0) is 9.53 Å². The second-order valence-corrected chi connectivity index (χ2v) is 4.55. The molecule has 0 rings (SSSR count). The van der Waals surface area contributed by atoms with Gasteiger partial charge in [0.2, 0.25) is 0 Å². The molecular weight excluding hydrogens is 210 g/mol. The first kappa shape index (κ1) is 17.3. The molecule has 16 heavy (non-hydrogen) atoms. The molecule has 5 nitrogen and oxygen atoms in total. The molecule has 1 atom stereocenters. The second kappa shape index (κ2) is 8.10. The average Bonchev–Trinajstić information content (AvgIpc) is 2.14. The third kappa shape index (κ3) is 9.45. The number of ether oxygens (including phenoxy) is 1. The molecule has 0 heterocycles. The number of aliphatic hydroxyl groups is 1. The fourth-order valence-corrected chi connectivity index (χ4v) is 0.801. The van der Waals surface area contributed by atoms with Gasteiger partial charge in [-0.05, 0) is 26.7 Å². The summed E-state index contributed by atoms with van der Waals surface area (Å²) in [6.07, 6.45) is 0.164. The zero-order chi connectivity index (χ0) is 13.4. The molecule has 0 fully saturated rings. The fraction of sp³-hybridized carbons (Fsp3) is 0.818. The minimum Gasteiger partial charge on any atom is -0.444 e. The molecule has 1 unspecified atom stereocenters. The summed E-state index contributed by atoms with van der Waals surface area (Å²) in [5, 5.41) is 9.49. The van der Waals surface area contributed by atoms with Crippen molar-refractivity contribution in [3.8, 4) is 0 Å². The zero-order valence-electron chi connectivity index (χ0n) is 10.9. The Morgan fingerprint density at radius 3 is 2.00 bits per heavy atom. The Labute approximate surface area is 97.2 Å². The van der Waals surface area contributed by atoms with E-state index in [1.54, 1.807) is 20.8 Å². The van der Waals surface area contributed by atoms with Crippen LogP contribution in [0, 0.1) is 5.92 Å². The molecule has 0 radical (unpaired) electrons. The topological polar surface area (TPSA) is 75.6 Å². The first-order valence-corrected chi connectivity index (χ1v) is 5.16. The van der Waals surface area contributed by atoms with Crippen LogP contribution in [0.1, 0.15) is 34.6 Å². The highest BCUT2D eigenvalue weighted by molar-refractivity contribution is 5.73. The Balaban J connectivity index is 0. The van der Waals surface area contributed by atoms with Crippen LogP contribution in [-0.4, -0.2) is 36.2 Å². The standard InChI is InChI=1S/C10H19NO3.CH4O/c1-7(2)8(6-12)11-9(13)14-10(3,4)5;1-2/h6-8H,1-5H3,(H,11,13);2H,1H3. The van der Waals surface area contributed by atoms with E-state index in [9.17, 15) is 9.59 Å². The minimum atomic E-state index is -0.553. The number of amides is 1. The molecule has 0 saturated heterocycles. The van der Waals surface area contributed by atoms with Gasteiger partial charge in [-0.15, -0.1) is 0 Å². The van der Waals surface area contributed by atoms with Gasteiger partial charge in [0.15, 0.2) is 0 Å². The number of aliphatic hydroxyl groups excluding tert-OH is 1. The van der Waals surface area contributed by atoms with Crippen LogP contribution >= 0.6 is 0 Å². The quantitative estimate of drug-likeness (QED) is 0.721. The van der Waals surface area contributed by atoms with Crippen molar-refractivity contribution in [2.75, 3.05) is 7.11 Å². The fourth-order valence-electron chi connectivity index (χ4n) is 0.801. The molecule has 0 aliphatic heterocycles. The summed E-state index contributed by atoms with van der Waals surface area (Å²) >= 11 is 0. The lowest BCUT2D eigenvalue weighted by Gasteiger charge is -2.22. The van der Waals surface area contributed by atoms with Crippen LogP contribution in [0.3, 0.4) is 0 Å². The van der Waals surface area contributed by atoms with E-state index in [4.69, 9.17) is 9.84 Å². The van der Waals surface area contributed by atoms with Crippen molar-refractivity contribution >= 4 is 12.4 Å². The third-order valence-electron chi connectivity index (χ3n) is 1.55. The monoisotopic (exact) mass is 233 g/mol. The molecule has 0 aliphatic carbocycles. The number of alkyl carbamates (subject to hydrolysis) is 1. The second-order valence-electron chi connectivity index (χ2n) is 4.55. The van der Waals surface area contributed by atoms with E-state index in [0.29, 0.717) is 6.29 Å². The first-order chi connectivity index (χ1) is 7.26. The smallest absolute Gasteiger partial charge is 0.408 e. The molecule has 1 amide bonds. The summed E-state index contributed by atoms with van der Waals surface area (Å²) in [5.74, 6) is 0.0695. The van der Waals surface area contributed by atoms with Crippen LogP contribution in [0.2, 0.25) is 0 Å². The molecule has 0 saturated carbocycles. The summed E-state index contributed by atoms with van der Waals surface area (Å²) in [5.41, 5.74) is -0.533. The van der Waals surface area contributed by atoms with Gasteiger partial charge in [0, 0.05) is 7.11 Å². The van der Waals surface area contributed by atoms with Gasteiger partial charge in [-0.25, -0.2) is 4.79 Å². The normalized spacial score (nSPS) is 12.2. The lowest BCUT2D eigenvalue weighted by Crippen LogP contribution is -2.42. The number of carbonyl (C=O) groups is 2. The Morgan fingerprint density at radius 2 is 1.75 bits per heavy atom. The Hall–Kier alpha value is -1.10. The van der Waals surface area contributed by atoms with Gasteiger partial charge in [0.25, 0.3) is 0 Å². The maximum absolute atomic E-state index is 11.2. The van der Waals surface area contributed by atoms with Crippen molar-refractivity contribution in [2.24, 2.45) is 5.92 Å². The van der Waals surface area contributed by atoms with Gasteiger partial charge in [-0.1, -0.05) is 13.8 Å². The minimum absolute atomic E-state index is 0.0695. The van der Waals surface area contributed by atoms with E-state index in [2.05, 4.69) is 5.32 Å². The molecule has 0 aromatic rings. The molecular formula is C11H23NO4. The number of aldehydes is 1. The number of hydrogen-bond donors (Lipinski definition) is 2. The zero-order valence-corrected chi connectivity index (χ0v) is 10.9. The number of hydrogen-bond acceptors (Lipinski definition) is 4. The highest BCUT2D eigenvalue weighted by Crippen LogP contribution is 2.07. The van der Waals surface area contributed by atoms with E-state index < -0.39 is 17.7 Å². The molecule has 0 bridgehead atoms. The predicted molar refractivity (Wildman–Crippen MR) is 62.2 cm³/mol. The molecule has 96 valence electrons. The number of nitrogens with one attached hydrogen (secondary N) is 1. The molecule has 0 aliphatic rings. The van der Waals surface area contributed by atoms with E-state index in [-0.39, 0.29) is 5.92 Å². The van der Waals surface area contributed by atoms with Gasteiger partial charge in [0.1, 0.15) is 11.9 Å². The van der Waals surface area contributed by atoms with Crippen molar-refractivity contribution in [1.82, 2.24) is 5.32 Å². The van der Waals surface area contributed by atoms with Crippen molar-refractivity contribution < 1.29 is 19.4 Å². The Bertz CT molecular complexity index is 209. The maximum atomic E-state index is 11.2. The Kier molecular flexibility index (Phi) is 8.76. The van der Waals surface area contributed by atoms with Gasteiger partial charge >= 0.3 is 6.09 Å². The van der Waals surface area contributed by atoms with Crippen molar-refractivity contribution in [3.63, 3.8) is 0 Å². The summed E-state index contributed by atoms with van der Waals surface area (Å²) < 4.78 is 5.01. The molecule has 0 aromatic heterocycles. The van der Waals surface area contributed by atoms with Crippen molar-refractivity contribution in [1.29, 1.82) is 0 Å². The van der Waals surface area contributed by atoms with E-state index in [0.717, 1.165) is 7.11 Å². The maximum Gasteiger partial charge on any atom is 0.408 e. The van der Waals surface area contributed by atoms with Crippen molar-refractivity contribution in [3.05, 3.63) is 0 Å². The summed E-state index contributed by atoms with van der Waals surface area (Å²) in [4.78, 5) is 21.8. The first-order valence-electron chi connectivity index (χ1n) is 5.16. The largest absolute Gasteiger partial charge is 0.444 e. The van der Waals surface area contributed by atoms with Crippen LogP contribution in [0.5, 0.6) is 0 Å². The molecule has 0 spiro atoms. The SMILES string of the molecule is CC(C)C(C=O)NC(=O)OC(C)(C)C.CO. The molecule has 2 N–H and O–H groups in total. The van der Waals surface area contributed by atoms with Crippen LogP contribution < -0.4 is 5.32 Å². The van der Waals surface area contributed by atoms with Crippen LogP contribution in [0.15, 0.2) is 0 Å². The van der Waals surface area contributed by atoms with Gasteiger partial charge in [-0.2, -0.15) is 0 Å². The predicted octanol–water partition coefficient (Wildman–Crippen LogP) is 1.34. The van der Waals surface area contributed by atoms with Gasteiger partial charge in [-0.3, -0.25) is 0 Å². The third-order valence-corrected chi connectivity index (χ3v) is 1.55. The van der Waals surface area contributed by atoms with E-state index in [1.165, 1.54) is 0 Å². The Morgan fingerprint density at radius 1 is 1.31 bits per heavy atom. The van der Waals surface area contributed by atoms with Gasteiger partial charge < -0.3 is 20.0 Å².